The van der Waals surface area contributed by atoms with Crippen LogP contribution in [0.15, 0.2) is 30.6 Å². The highest BCUT2D eigenvalue weighted by molar-refractivity contribution is 5.96. The van der Waals surface area contributed by atoms with E-state index >= 15 is 0 Å². The third kappa shape index (κ3) is 2.99. The summed E-state index contributed by atoms with van der Waals surface area (Å²) in [5.74, 6) is 0.412. The molecule has 0 unspecified atom stereocenters. The molecule has 0 fully saturated rings. The van der Waals surface area contributed by atoms with Crippen molar-refractivity contribution in [3.8, 4) is 5.75 Å². The van der Waals surface area contributed by atoms with Crippen molar-refractivity contribution >= 4 is 5.78 Å². The molecule has 0 saturated carbocycles. The maximum absolute atomic E-state index is 13.2. The Morgan fingerprint density at radius 2 is 2.26 bits per heavy atom. The van der Waals surface area contributed by atoms with Gasteiger partial charge in [-0.2, -0.15) is 0 Å². The number of imidazole rings is 1. The van der Waals surface area contributed by atoms with E-state index in [1.807, 2.05) is 17.8 Å². The number of carbonyl (C=O) groups is 1. The van der Waals surface area contributed by atoms with Gasteiger partial charge in [-0.3, -0.25) is 4.79 Å². The van der Waals surface area contributed by atoms with Crippen molar-refractivity contribution in [1.82, 2.24) is 9.55 Å². The quantitative estimate of drug-likeness (QED) is 0.777. The zero-order valence-corrected chi connectivity index (χ0v) is 10.9. The molecule has 1 heterocycles. The summed E-state index contributed by atoms with van der Waals surface area (Å²) in [6.07, 6.45) is 4.42. The summed E-state index contributed by atoms with van der Waals surface area (Å²) in [5, 5.41) is 0. The molecule has 5 heteroatoms. The maximum Gasteiger partial charge on any atom is 0.165 e. The van der Waals surface area contributed by atoms with Gasteiger partial charge in [0.25, 0.3) is 0 Å². The SMILES string of the molecule is COc1cc(C(=O)CCc2nccn2C)ccc1F. The van der Waals surface area contributed by atoms with Gasteiger partial charge in [0.1, 0.15) is 5.82 Å². The van der Waals surface area contributed by atoms with Crippen molar-refractivity contribution < 1.29 is 13.9 Å². The van der Waals surface area contributed by atoms with E-state index in [-0.39, 0.29) is 11.5 Å². The van der Waals surface area contributed by atoms with Crippen LogP contribution < -0.4 is 4.74 Å². The normalized spacial score (nSPS) is 10.5. The van der Waals surface area contributed by atoms with E-state index in [1.165, 1.54) is 25.3 Å². The van der Waals surface area contributed by atoms with E-state index in [0.717, 1.165) is 5.82 Å². The number of rotatable bonds is 5. The van der Waals surface area contributed by atoms with Crippen LogP contribution in [-0.4, -0.2) is 22.4 Å². The molecule has 19 heavy (non-hydrogen) atoms. The Labute approximate surface area is 110 Å². The number of hydrogen-bond acceptors (Lipinski definition) is 3. The molecule has 0 bridgehead atoms. The van der Waals surface area contributed by atoms with Gasteiger partial charge in [-0.05, 0) is 18.2 Å². The van der Waals surface area contributed by atoms with Crippen LogP contribution in [0.5, 0.6) is 5.75 Å². The minimum absolute atomic E-state index is 0.0544. The third-order valence-electron chi connectivity index (χ3n) is 2.97. The molecule has 1 aromatic heterocycles. The van der Waals surface area contributed by atoms with E-state index in [4.69, 9.17) is 4.74 Å². The second-order valence-corrected chi connectivity index (χ2v) is 4.23. The molecule has 0 saturated heterocycles. The summed E-state index contributed by atoms with van der Waals surface area (Å²) in [6.45, 7) is 0. The topological polar surface area (TPSA) is 44.1 Å². The summed E-state index contributed by atoms with van der Waals surface area (Å²) in [4.78, 5) is 16.2. The third-order valence-corrected chi connectivity index (χ3v) is 2.97. The highest BCUT2D eigenvalue weighted by Gasteiger charge is 2.11. The molecule has 0 atom stereocenters. The number of ether oxygens (including phenoxy) is 1. The van der Waals surface area contributed by atoms with Crippen molar-refractivity contribution in [1.29, 1.82) is 0 Å². The minimum atomic E-state index is -0.469. The number of methoxy groups -OCH3 is 1. The lowest BCUT2D eigenvalue weighted by Crippen LogP contribution is -2.05. The molecule has 0 aliphatic rings. The van der Waals surface area contributed by atoms with Crippen molar-refractivity contribution in [2.24, 2.45) is 7.05 Å². The lowest BCUT2D eigenvalue weighted by Gasteiger charge is -2.05. The first-order chi connectivity index (χ1) is 9.11. The summed E-state index contributed by atoms with van der Waals surface area (Å²) in [7, 11) is 3.26. The van der Waals surface area contributed by atoms with E-state index < -0.39 is 5.82 Å². The number of aryl methyl sites for hydroxylation is 2. The number of aromatic nitrogens is 2. The van der Waals surface area contributed by atoms with Crippen molar-refractivity contribution in [2.45, 2.75) is 12.8 Å². The molecule has 1 aromatic carbocycles. The summed E-state index contributed by atoms with van der Waals surface area (Å²) in [6, 6.07) is 4.14. The van der Waals surface area contributed by atoms with E-state index in [0.29, 0.717) is 18.4 Å². The highest BCUT2D eigenvalue weighted by atomic mass is 19.1. The van der Waals surface area contributed by atoms with Crippen LogP contribution in [0.3, 0.4) is 0 Å². The molecule has 2 aromatic rings. The highest BCUT2D eigenvalue weighted by Crippen LogP contribution is 2.19. The molecule has 4 nitrogen and oxygen atoms in total. The van der Waals surface area contributed by atoms with Crippen molar-refractivity contribution in [3.05, 3.63) is 47.8 Å². The summed E-state index contributed by atoms with van der Waals surface area (Å²) >= 11 is 0. The van der Waals surface area contributed by atoms with Gasteiger partial charge in [-0.25, -0.2) is 9.37 Å². The van der Waals surface area contributed by atoms with Crippen LogP contribution >= 0.6 is 0 Å². The van der Waals surface area contributed by atoms with Gasteiger partial charge < -0.3 is 9.30 Å². The van der Waals surface area contributed by atoms with Crippen LogP contribution in [0.1, 0.15) is 22.6 Å². The number of nitrogens with zero attached hydrogens (tertiary/aromatic N) is 2. The Morgan fingerprint density at radius 3 is 2.89 bits per heavy atom. The van der Waals surface area contributed by atoms with Crippen LogP contribution in [0.4, 0.5) is 4.39 Å². The van der Waals surface area contributed by atoms with Crippen LogP contribution in [0.25, 0.3) is 0 Å². The fraction of sp³-hybridized carbons (Fsp3) is 0.286. The largest absolute Gasteiger partial charge is 0.494 e. The van der Waals surface area contributed by atoms with Gasteiger partial charge in [0, 0.05) is 37.8 Å². The predicted octanol–water partition coefficient (Wildman–Crippen LogP) is 2.38. The Bertz CT molecular complexity index is 593. The molecular formula is C14H15FN2O2. The lowest BCUT2D eigenvalue weighted by atomic mass is 10.1. The first-order valence-corrected chi connectivity index (χ1v) is 5.94. The van der Waals surface area contributed by atoms with E-state index in [1.54, 1.807) is 6.20 Å². The van der Waals surface area contributed by atoms with E-state index in [2.05, 4.69) is 4.98 Å². The van der Waals surface area contributed by atoms with Gasteiger partial charge in [0.2, 0.25) is 0 Å². The van der Waals surface area contributed by atoms with Crippen LogP contribution in [-0.2, 0) is 13.5 Å². The monoisotopic (exact) mass is 262 g/mol. The predicted molar refractivity (Wildman–Crippen MR) is 68.8 cm³/mol. The average molecular weight is 262 g/mol. The molecule has 0 N–H and O–H groups in total. The van der Waals surface area contributed by atoms with E-state index in [9.17, 15) is 9.18 Å². The number of carbonyl (C=O) groups excluding carboxylic acids is 1. The minimum Gasteiger partial charge on any atom is -0.494 e. The number of benzene rings is 1. The second kappa shape index (κ2) is 5.65. The molecule has 2 rings (SSSR count). The molecule has 0 spiro atoms. The van der Waals surface area contributed by atoms with Crippen molar-refractivity contribution in [3.63, 3.8) is 0 Å². The standard InChI is InChI=1S/C14H15FN2O2/c1-17-8-7-16-14(17)6-5-12(18)10-3-4-11(15)13(9-10)19-2/h3-4,7-9H,5-6H2,1-2H3. The number of hydrogen-bond donors (Lipinski definition) is 0. The number of halogens is 1. The summed E-state index contributed by atoms with van der Waals surface area (Å²) in [5.41, 5.74) is 0.451. The molecule has 0 radical (unpaired) electrons. The Kier molecular flexibility index (Phi) is 3.94. The number of Topliss-reactive ketones (excluding diaryl/α,β-unsaturated/α-hetero) is 1. The van der Waals surface area contributed by atoms with Gasteiger partial charge in [-0.15, -0.1) is 0 Å². The second-order valence-electron chi connectivity index (χ2n) is 4.23. The summed E-state index contributed by atoms with van der Waals surface area (Å²) < 4.78 is 20.0. The first-order valence-electron chi connectivity index (χ1n) is 5.94. The van der Waals surface area contributed by atoms with Gasteiger partial charge in [-0.1, -0.05) is 0 Å². The Hall–Kier alpha value is -2.17. The maximum atomic E-state index is 13.2. The van der Waals surface area contributed by atoms with Crippen LogP contribution in [0.2, 0.25) is 0 Å². The van der Waals surface area contributed by atoms with Gasteiger partial charge in [0.15, 0.2) is 17.3 Å². The molecule has 100 valence electrons. The van der Waals surface area contributed by atoms with Crippen LogP contribution in [0, 0.1) is 5.82 Å². The Balaban J connectivity index is 2.06. The first kappa shape index (κ1) is 13.3. The molecule has 0 amide bonds. The smallest absolute Gasteiger partial charge is 0.165 e. The fourth-order valence-electron chi connectivity index (χ4n) is 1.84. The average Bonchev–Trinajstić information content (AvgIpc) is 2.82. The zero-order valence-electron chi connectivity index (χ0n) is 10.9. The fourth-order valence-corrected chi connectivity index (χ4v) is 1.84. The zero-order chi connectivity index (χ0) is 13.8. The Morgan fingerprint density at radius 1 is 1.47 bits per heavy atom. The molecular weight excluding hydrogens is 247 g/mol. The van der Waals surface area contributed by atoms with Crippen molar-refractivity contribution in [2.75, 3.05) is 7.11 Å². The molecule has 0 aliphatic carbocycles. The number of ketones is 1. The van der Waals surface area contributed by atoms with Gasteiger partial charge >= 0.3 is 0 Å². The molecule has 0 aliphatic heterocycles. The van der Waals surface area contributed by atoms with Gasteiger partial charge in [0.05, 0.1) is 7.11 Å². The lowest BCUT2D eigenvalue weighted by molar-refractivity contribution is 0.0981.